The Morgan fingerprint density at radius 1 is 1.21 bits per heavy atom. The quantitative estimate of drug-likeness (QED) is 0.316. The van der Waals surface area contributed by atoms with E-state index in [2.05, 4.69) is 10.1 Å². The highest BCUT2D eigenvalue weighted by Crippen LogP contribution is 2.24. The number of esters is 1. The number of hydrogen-bond acceptors (Lipinski definition) is 8. The average Bonchev–Trinajstić information content (AvgIpc) is 3.02. The van der Waals surface area contributed by atoms with Gasteiger partial charge in [0.1, 0.15) is 12.3 Å². The lowest BCUT2D eigenvalue weighted by Gasteiger charge is -2.14. The number of amides is 1. The predicted octanol–water partition coefficient (Wildman–Crippen LogP) is 2.97. The topological polar surface area (TPSA) is 143 Å². The Kier molecular flexibility index (Phi) is 6.37. The van der Waals surface area contributed by atoms with Crippen molar-refractivity contribution in [3.05, 3.63) is 63.1 Å². The number of fused-ring (bicyclic) bond motifs is 1. The van der Waals surface area contributed by atoms with Gasteiger partial charge in [0.05, 0.1) is 16.5 Å². The van der Waals surface area contributed by atoms with Gasteiger partial charge in [-0.05, 0) is 37.3 Å². The number of carbonyl (C=O) groups excluding carboxylic acids is 2. The molecule has 0 aliphatic rings. The van der Waals surface area contributed by atoms with Crippen molar-refractivity contribution in [2.45, 2.75) is 25.9 Å². The number of halogens is 3. The Labute approximate surface area is 181 Å². The smallest absolute Gasteiger partial charge is 0.451 e. The highest BCUT2D eigenvalue weighted by molar-refractivity contribution is 5.95. The van der Waals surface area contributed by atoms with Gasteiger partial charge in [0.2, 0.25) is 0 Å². The average molecular weight is 469 g/mol. The summed E-state index contributed by atoms with van der Waals surface area (Å²) >= 11 is 0. The molecule has 0 spiro atoms. The summed E-state index contributed by atoms with van der Waals surface area (Å²) in [6.07, 6.45) is -6.18. The van der Waals surface area contributed by atoms with Gasteiger partial charge in [-0.15, -0.1) is 13.2 Å². The Hall–Kier alpha value is -4.36. The highest BCUT2D eigenvalue weighted by atomic mass is 19.4. The van der Waals surface area contributed by atoms with Crippen LogP contribution in [0.15, 0.2) is 51.7 Å². The van der Waals surface area contributed by atoms with Crippen molar-refractivity contribution < 1.29 is 41.6 Å². The molecule has 14 heteroatoms. The van der Waals surface area contributed by atoms with Crippen LogP contribution < -0.4 is 15.8 Å². The van der Waals surface area contributed by atoms with Gasteiger partial charge < -0.3 is 19.2 Å². The van der Waals surface area contributed by atoms with Crippen molar-refractivity contribution in [2.75, 3.05) is 5.32 Å². The Morgan fingerprint density at radius 3 is 2.48 bits per heavy atom. The number of anilines is 1. The van der Waals surface area contributed by atoms with Gasteiger partial charge in [-0.25, -0.2) is 4.79 Å². The minimum Gasteiger partial charge on any atom is -0.451 e. The summed E-state index contributed by atoms with van der Waals surface area (Å²) < 4.78 is 51.0. The second kappa shape index (κ2) is 9.02. The first-order valence-electron chi connectivity index (χ1n) is 9.07. The van der Waals surface area contributed by atoms with Gasteiger partial charge in [-0.2, -0.15) is 0 Å². The normalized spacial score (nSPS) is 12.2. The SMILES string of the molecule is CC(OC(=O)Cn1c(=O)oc2cc([N+](=O)[O-])ccc21)C(=O)Nc1ccc(OC(F)(F)F)cc1. The number of nitro benzene ring substituents is 1. The van der Waals surface area contributed by atoms with Crippen LogP contribution >= 0.6 is 0 Å². The van der Waals surface area contributed by atoms with Crippen LogP contribution in [0.4, 0.5) is 24.5 Å². The second-order valence-electron chi connectivity index (χ2n) is 6.56. The maximum atomic E-state index is 12.2. The Balaban J connectivity index is 1.61. The van der Waals surface area contributed by atoms with Crippen LogP contribution in [-0.4, -0.2) is 33.8 Å². The first-order chi connectivity index (χ1) is 15.4. The molecule has 174 valence electrons. The minimum atomic E-state index is -4.86. The molecule has 0 saturated carbocycles. The molecule has 1 amide bonds. The van der Waals surface area contributed by atoms with E-state index in [9.17, 15) is 37.7 Å². The molecule has 0 radical (unpaired) electrons. The number of carbonyl (C=O) groups is 2. The summed E-state index contributed by atoms with van der Waals surface area (Å²) in [7, 11) is 0. The number of benzene rings is 2. The molecule has 1 N–H and O–H groups in total. The van der Waals surface area contributed by atoms with Crippen LogP contribution in [0.5, 0.6) is 5.75 Å². The standard InChI is InChI=1S/C19H14F3N3O8/c1-10(17(27)23-11-2-5-13(6-3-11)33-19(20,21)22)31-16(26)9-24-14-7-4-12(25(29)30)8-15(14)32-18(24)28/h2-8,10H,9H2,1H3,(H,23,27). The van der Waals surface area contributed by atoms with E-state index in [0.717, 1.165) is 41.0 Å². The second-order valence-corrected chi connectivity index (χ2v) is 6.56. The highest BCUT2D eigenvalue weighted by Gasteiger charge is 2.31. The van der Waals surface area contributed by atoms with Crippen molar-refractivity contribution in [1.29, 1.82) is 0 Å². The number of nitrogens with zero attached hydrogens (tertiary/aromatic N) is 2. The Bertz CT molecular complexity index is 1260. The summed E-state index contributed by atoms with van der Waals surface area (Å²) in [5.74, 6) is -3.20. The number of hydrogen-bond donors (Lipinski definition) is 1. The first-order valence-corrected chi connectivity index (χ1v) is 9.07. The fourth-order valence-electron chi connectivity index (χ4n) is 2.72. The summed E-state index contributed by atoms with van der Waals surface area (Å²) in [5, 5.41) is 13.2. The molecule has 1 unspecified atom stereocenters. The Morgan fingerprint density at radius 2 is 1.88 bits per heavy atom. The van der Waals surface area contributed by atoms with Crippen molar-refractivity contribution in [1.82, 2.24) is 4.57 Å². The van der Waals surface area contributed by atoms with Crippen molar-refractivity contribution in [3.8, 4) is 5.75 Å². The molecule has 0 aliphatic heterocycles. The zero-order valence-corrected chi connectivity index (χ0v) is 16.6. The number of ether oxygens (including phenoxy) is 2. The van der Waals surface area contributed by atoms with Gasteiger partial charge in [-0.1, -0.05) is 0 Å². The number of oxazole rings is 1. The van der Waals surface area contributed by atoms with Crippen molar-refractivity contribution >= 4 is 34.4 Å². The third kappa shape index (κ3) is 5.87. The molecule has 0 bridgehead atoms. The fraction of sp³-hybridized carbons (Fsp3) is 0.211. The summed E-state index contributed by atoms with van der Waals surface area (Å²) in [6, 6.07) is 7.67. The van der Waals surface area contributed by atoms with Gasteiger partial charge in [0, 0.05) is 11.8 Å². The molecular formula is C19H14F3N3O8. The van der Waals surface area contributed by atoms with E-state index in [1.807, 2.05) is 0 Å². The van der Waals surface area contributed by atoms with Gasteiger partial charge in [-0.3, -0.25) is 24.3 Å². The van der Waals surface area contributed by atoms with Gasteiger partial charge in [0.25, 0.3) is 11.6 Å². The molecular weight excluding hydrogens is 455 g/mol. The number of non-ortho nitro benzene ring substituents is 1. The minimum absolute atomic E-state index is 0.106. The van der Waals surface area contributed by atoms with E-state index in [1.54, 1.807) is 0 Å². The molecule has 33 heavy (non-hydrogen) atoms. The van der Waals surface area contributed by atoms with Gasteiger partial charge >= 0.3 is 18.1 Å². The molecule has 1 aromatic heterocycles. The maximum Gasteiger partial charge on any atom is 0.573 e. The van der Waals surface area contributed by atoms with Crippen LogP contribution in [0.25, 0.3) is 11.1 Å². The lowest BCUT2D eigenvalue weighted by atomic mass is 10.3. The van der Waals surface area contributed by atoms with Crippen molar-refractivity contribution in [2.24, 2.45) is 0 Å². The lowest BCUT2D eigenvalue weighted by Crippen LogP contribution is -2.32. The van der Waals surface area contributed by atoms with Crippen LogP contribution in [0.2, 0.25) is 0 Å². The number of rotatable bonds is 7. The zero-order chi connectivity index (χ0) is 24.3. The number of nitro groups is 1. The molecule has 1 heterocycles. The molecule has 3 rings (SSSR count). The number of nitrogens with one attached hydrogen (secondary N) is 1. The van der Waals surface area contributed by atoms with E-state index in [-0.39, 0.29) is 22.5 Å². The van der Waals surface area contributed by atoms with E-state index in [0.29, 0.717) is 0 Å². The van der Waals surface area contributed by atoms with Crippen molar-refractivity contribution in [3.63, 3.8) is 0 Å². The van der Waals surface area contributed by atoms with Crippen LogP contribution in [0.1, 0.15) is 6.92 Å². The zero-order valence-electron chi connectivity index (χ0n) is 16.6. The molecule has 3 aromatic rings. The summed E-state index contributed by atoms with van der Waals surface area (Å²) in [5.41, 5.74) is -0.183. The molecule has 0 aliphatic carbocycles. The largest absolute Gasteiger partial charge is 0.573 e. The van der Waals surface area contributed by atoms with E-state index in [4.69, 9.17) is 9.15 Å². The lowest BCUT2D eigenvalue weighted by molar-refractivity contribution is -0.384. The number of aromatic nitrogens is 1. The molecule has 11 nitrogen and oxygen atoms in total. The van der Waals surface area contributed by atoms with E-state index >= 15 is 0 Å². The third-order valence-corrected chi connectivity index (χ3v) is 4.18. The molecule has 0 fully saturated rings. The monoisotopic (exact) mass is 469 g/mol. The summed E-state index contributed by atoms with van der Waals surface area (Å²) in [4.78, 5) is 46.5. The van der Waals surface area contributed by atoms with Crippen LogP contribution in [0.3, 0.4) is 0 Å². The van der Waals surface area contributed by atoms with Gasteiger partial charge in [0.15, 0.2) is 11.7 Å². The fourth-order valence-corrected chi connectivity index (χ4v) is 2.72. The molecule has 2 aromatic carbocycles. The van der Waals surface area contributed by atoms with Crippen LogP contribution in [-0.2, 0) is 20.9 Å². The third-order valence-electron chi connectivity index (χ3n) is 4.18. The number of alkyl halides is 3. The van der Waals surface area contributed by atoms with E-state index in [1.165, 1.54) is 13.0 Å². The summed E-state index contributed by atoms with van der Waals surface area (Å²) in [6.45, 7) is 0.610. The van der Waals surface area contributed by atoms with E-state index < -0.39 is 47.3 Å². The first kappa shape index (κ1) is 23.3. The van der Waals surface area contributed by atoms with Crippen LogP contribution in [0, 0.1) is 10.1 Å². The maximum absolute atomic E-state index is 12.2. The molecule has 1 atom stereocenters. The predicted molar refractivity (Wildman–Crippen MR) is 104 cm³/mol. The molecule has 0 saturated heterocycles.